The Morgan fingerprint density at radius 3 is 2.50 bits per heavy atom. The van der Waals surface area contributed by atoms with Crippen LogP contribution >= 0.6 is 0 Å². The molecule has 0 saturated carbocycles. The molecule has 1 atom stereocenters. The maximum Gasteiger partial charge on any atom is 0.269 e. The minimum Gasteiger partial charge on any atom is -0.371 e. The molecule has 0 N–H and O–H groups in total. The largest absolute Gasteiger partial charge is 0.371 e. The lowest BCUT2D eigenvalue weighted by Gasteiger charge is -2.35. The third kappa shape index (κ3) is 3.55. The quantitative estimate of drug-likeness (QED) is 0.619. The number of amides is 1. The Labute approximate surface area is 130 Å². The van der Waals surface area contributed by atoms with Crippen molar-refractivity contribution in [3.8, 4) is 0 Å². The predicted molar refractivity (Wildman–Crippen MR) is 86.0 cm³/mol. The first-order valence-corrected chi connectivity index (χ1v) is 7.85. The minimum absolute atomic E-state index is 0.0174. The highest BCUT2D eigenvalue weighted by Gasteiger charge is 2.28. The number of carbonyl (C=O) groups is 1. The van der Waals surface area contributed by atoms with Crippen LogP contribution < -0.4 is 4.90 Å². The van der Waals surface area contributed by atoms with Gasteiger partial charge in [-0.3, -0.25) is 14.9 Å². The molecule has 22 heavy (non-hydrogen) atoms. The molecule has 0 aromatic heterocycles. The number of nitro groups is 1. The number of benzene rings is 1. The molecule has 6 nitrogen and oxygen atoms in total. The van der Waals surface area contributed by atoms with E-state index in [1.54, 1.807) is 12.1 Å². The summed E-state index contributed by atoms with van der Waals surface area (Å²) in [5, 5.41) is 10.7. The second kappa shape index (κ2) is 7.24. The maximum atomic E-state index is 12.5. The zero-order valence-corrected chi connectivity index (χ0v) is 13.2. The van der Waals surface area contributed by atoms with Crippen LogP contribution in [0, 0.1) is 16.0 Å². The van der Waals surface area contributed by atoms with E-state index in [-0.39, 0.29) is 17.5 Å². The van der Waals surface area contributed by atoms with Crippen LogP contribution in [-0.4, -0.2) is 41.9 Å². The fourth-order valence-electron chi connectivity index (χ4n) is 2.99. The molecule has 1 amide bonds. The highest BCUT2D eigenvalue weighted by atomic mass is 16.6. The standard InChI is InChI=1S/C16H23N3O3/c1-3-17(4-2)16(20)13-6-5-11-18(12-13)14-7-9-15(10-8-14)19(21)22/h7-10,13H,3-6,11-12H2,1-2H3/t13-/m1/s1. The summed E-state index contributed by atoms with van der Waals surface area (Å²) in [6, 6.07) is 6.57. The van der Waals surface area contributed by atoms with E-state index in [4.69, 9.17) is 0 Å². The highest BCUT2D eigenvalue weighted by molar-refractivity contribution is 5.79. The number of piperidine rings is 1. The molecule has 1 saturated heterocycles. The molecule has 0 spiro atoms. The van der Waals surface area contributed by atoms with Gasteiger partial charge in [-0.25, -0.2) is 0 Å². The minimum atomic E-state index is -0.396. The molecule has 0 radical (unpaired) electrons. The van der Waals surface area contributed by atoms with E-state index in [9.17, 15) is 14.9 Å². The fourth-order valence-corrected chi connectivity index (χ4v) is 2.99. The Bertz CT molecular complexity index is 526. The number of carbonyl (C=O) groups excluding carboxylic acids is 1. The first kappa shape index (κ1) is 16.3. The Morgan fingerprint density at radius 1 is 1.32 bits per heavy atom. The second-order valence-electron chi connectivity index (χ2n) is 5.57. The van der Waals surface area contributed by atoms with Crippen LogP contribution in [0.1, 0.15) is 26.7 Å². The van der Waals surface area contributed by atoms with Crippen molar-refractivity contribution >= 4 is 17.3 Å². The van der Waals surface area contributed by atoms with Crippen LogP contribution in [0.2, 0.25) is 0 Å². The van der Waals surface area contributed by atoms with Crippen molar-refractivity contribution in [3.05, 3.63) is 34.4 Å². The van der Waals surface area contributed by atoms with Gasteiger partial charge in [0.1, 0.15) is 0 Å². The first-order valence-electron chi connectivity index (χ1n) is 7.85. The van der Waals surface area contributed by atoms with Crippen LogP contribution in [0.4, 0.5) is 11.4 Å². The Morgan fingerprint density at radius 2 is 1.95 bits per heavy atom. The van der Waals surface area contributed by atoms with Crippen molar-refractivity contribution < 1.29 is 9.72 Å². The average Bonchev–Trinajstić information content (AvgIpc) is 2.56. The van der Waals surface area contributed by atoms with Crippen LogP contribution in [0.25, 0.3) is 0 Å². The Balaban J connectivity index is 2.06. The molecule has 2 rings (SSSR count). The van der Waals surface area contributed by atoms with Gasteiger partial charge in [0, 0.05) is 44.0 Å². The molecule has 120 valence electrons. The smallest absolute Gasteiger partial charge is 0.269 e. The summed E-state index contributed by atoms with van der Waals surface area (Å²) >= 11 is 0. The van der Waals surface area contributed by atoms with Crippen LogP contribution in [-0.2, 0) is 4.79 Å². The number of anilines is 1. The number of nitrogens with zero attached hydrogens (tertiary/aromatic N) is 3. The van der Waals surface area contributed by atoms with Gasteiger partial charge in [-0.15, -0.1) is 0 Å². The first-order chi connectivity index (χ1) is 10.6. The van der Waals surface area contributed by atoms with Gasteiger partial charge in [-0.1, -0.05) is 0 Å². The van der Waals surface area contributed by atoms with Gasteiger partial charge >= 0.3 is 0 Å². The summed E-state index contributed by atoms with van der Waals surface area (Å²) in [5.74, 6) is 0.237. The lowest BCUT2D eigenvalue weighted by atomic mass is 9.96. The Kier molecular flexibility index (Phi) is 5.35. The zero-order valence-electron chi connectivity index (χ0n) is 13.2. The third-order valence-electron chi connectivity index (χ3n) is 4.27. The summed E-state index contributed by atoms with van der Waals surface area (Å²) in [5.41, 5.74) is 1.04. The molecule has 1 aliphatic heterocycles. The molecule has 1 aromatic carbocycles. The molecule has 1 aromatic rings. The van der Waals surface area contributed by atoms with Crippen LogP contribution in [0.5, 0.6) is 0 Å². The van der Waals surface area contributed by atoms with E-state index in [0.717, 1.165) is 38.2 Å². The van der Waals surface area contributed by atoms with Crippen LogP contribution in [0.3, 0.4) is 0 Å². The van der Waals surface area contributed by atoms with E-state index < -0.39 is 4.92 Å². The van der Waals surface area contributed by atoms with Crippen molar-refractivity contribution in [1.29, 1.82) is 0 Å². The third-order valence-corrected chi connectivity index (χ3v) is 4.27. The van der Waals surface area contributed by atoms with Gasteiger partial charge in [0.05, 0.1) is 10.8 Å². The van der Waals surface area contributed by atoms with E-state index in [0.29, 0.717) is 6.54 Å². The average molecular weight is 305 g/mol. The summed E-state index contributed by atoms with van der Waals surface area (Å²) in [4.78, 5) is 26.8. The molecule has 0 unspecified atom stereocenters. The number of non-ortho nitro benzene ring substituents is 1. The molecule has 1 heterocycles. The SMILES string of the molecule is CCN(CC)C(=O)[C@@H]1CCCN(c2ccc([N+](=O)[O-])cc2)C1. The topological polar surface area (TPSA) is 66.7 Å². The summed E-state index contributed by atoms with van der Waals surface area (Å²) in [6.45, 7) is 7.05. The summed E-state index contributed by atoms with van der Waals surface area (Å²) in [6.07, 6.45) is 1.88. The molecular weight excluding hydrogens is 282 g/mol. The van der Waals surface area contributed by atoms with Crippen molar-refractivity contribution in [3.63, 3.8) is 0 Å². The monoisotopic (exact) mass is 305 g/mol. The lowest BCUT2D eigenvalue weighted by molar-refractivity contribution is -0.384. The van der Waals surface area contributed by atoms with E-state index in [1.165, 1.54) is 12.1 Å². The molecule has 1 fully saturated rings. The van der Waals surface area contributed by atoms with Crippen molar-refractivity contribution in [1.82, 2.24) is 4.90 Å². The van der Waals surface area contributed by atoms with Gasteiger partial charge in [0.15, 0.2) is 0 Å². The molecule has 0 bridgehead atoms. The summed E-state index contributed by atoms with van der Waals surface area (Å²) < 4.78 is 0. The maximum absolute atomic E-state index is 12.5. The van der Waals surface area contributed by atoms with E-state index in [2.05, 4.69) is 4.90 Å². The van der Waals surface area contributed by atoms with Crippen LogP contribution in [0.15, 0.2) is 24.3 Å². The fraction of sp³-hybridized carbons (Fsp3) is 0.562. The van der Waals surface area contributed by atoms with Gasteiger partial charge in [-0.05, 0) is 38.8 Å². The van der Waals surface area contributed by atoms with Gasteiger partial charge in [0.2, 0.25) is 5.91 Å². The van der Waals surface area contributed by atoms with E-state index >= 15 is 0 Å². The van der Waals surface area contributed by atoms with E-state index in [1.807, 2.05) is 18.7 Å². The Hall–Kier alpha value is -2.11. The van der Waals surface area contributed by atoms with Crippen molar-refractivity contribution in [2.24, 2.45) is 5.92 Å². The number of rotatable bonds is 5. The predicted octanol–water partition coefficient (Wildman–Crippen LogP) is 2.68. The number of nitro benzene ring substituents is 1. The lowest BCUT2D eigenvalue weighted by Crippen LogP contribution is -2.44. The van der Waals surface area contributed by atoms with Crippen molar-refractivity contribution in [2.45, 2.75) is 26.7 Å². The van der Waals surface area contributed by atoms with Crippen molar-refractivity contribution in [2.75, 3.05) is 31.1 Å². The van der Waals surface area contributed by atoms with Gasteiger partial charge in [0.25, 0.3) is 5.69 Å². The highest BCUT2D eigenvalue weighted by Crippen LogP contribution is 2.26. The van der Waals surface area contributed by atoms with Gasteiger partial charge < -0.3 is 9.80 Å². The normalized spacial score (nSPS) is 18.1. The molecule has 6 heteroatoms. The number of hydrogen-bond donors (Lipinski definition) is 0. The second-order valence-corrected chi connectivity index (χ2v) is 5.57. The molecule has 1 aliphatic rings. The summed E-state index contributed by atoms with van der Waals surface area (Å²) in [7, 11) is 0. The zero-order chi connectivity index (χ0) is 16.1. The molecule has 0 aliphatic carbocycles. The number of hydrogen-bond acceptors (Lipinski definition) is 4. The molecular formula is C16H23N3O3. The van der Waals surface area contributed by atoms with Gasteiger partial charge in [-0.2, -0.15) is 0 Å².